The van der Waals surface area contributed by atoms with E-state index in [1.807, 2.05) is 28.8 Å². The van der Waals surface area contributed by atoms with E-state index in [0.717, 1.165) is 11.3 Å². The van der Waals surface area contributed by atoms with Crippen LogP contribution in [0.1, 0.15) is 5.69 Å². The van der Waals surface area contributed by atoms with Gasteiger partial charge in [-0.05, 0) is 12.1 Å². The van der Waals surface area contributed by atoms with Crippen LogP contribution in [0.15, 0.2) is 35.7 Å². The summed E-state index contributed by atoms with van der Waals surface area (Å²) in [6.45, 7) is 0. The molecule has 0 spiro atoms. The van der Waals surface area contributed by atoms with Gasteiger partial charge in [0.2, 0.25) is 0 Å². The van der Waals surface area contributed by atoms with Gasteiger partial charge < -0.3 is 5.21 Å². The van der Waals surface area contributed by atoms with Gasteiger partial charge in [-0.2, -0.15) is 0 Å². The standard InChI is InChI=1S/C8H7N3O/c12-10-6-7-5-9-8-3-1-2-4-11(7)8/h1-6,12H. The Kier molecular flexibility index (Phi) is 1.51. The lowest BCUT2D eigenvalue weighted by Crippen LogP contribution is -1.89. The van der Waals surface area contributed by atoms with Crippen molar-refractivity contribution in [2.75, 3.05) is 0 Å². The molecule has 0 aliphatic heterocycles. The van der Waals surface area contributed by atoms with Gasteiger partial charge in [-0.1, -0.05) is 11.2 Å². The first-order valence-corrected chi connectivity index (χ1v) is 3.51. The van der Waals surface area contributed by atoms with Crippen LogP contribution in [0.2, 0.25) is 0 Å². The summed E-state index contributed by atoms with van der Waals surface area (Å²) >= 11 is 0. The van der Waals surface area contributed by atoms with Crippen LogP contribution < -0.4 is 0 Å². The van der Waals surface area contributed by atoms with E-state index in [4.69, 9.17) is 5.21 Å². The third-order valence-electron chi connectivity index (χ3n) is 1.64. The second-order valence-corrected chi connectivity index (χ2v) is 2.36. The molecule has 0 atom stereocenters. The van der Waals surface area contributed by atoms with Crippen molar-refractivity contribution in [1.82, 2.24) is 9.38 Å². The van der Waals surface area contributed by atoms with Crippen molar-refractivity contribution >= 4 is 11.9 Å². The first kappa shape index (κ1) is 6.84. The summed E-state index contributed by atoms with van der Waals surface area (Å²) in [7, 11) is 0. The van der Waals surface area contributed by atoms with Gasteiger partial charge in [-0.15, -0.1) is 0 Å². The minimum atomic E-state index is 0.758. The highest BCUT2D eigenvalue weighted by molar-refractivity contribution is 5.78. The average Bonchev–Trinajstić information content (AvgIpc) is 2.50. The molecule has 2 aromatic heterocycles. The van der Waals surface area contributed by atoms with Crippen molar-refractivity contribution in [3.8, 4) is 0 Å². The lowest BCUT2D eigenvalue weighted by atomic mass is 10.4. The van der Waals surface area contributed by atoms with E-state index in [2.05, 4.69) is 10.1 Å². The Labute approximate surface area is 68.8 Å². The predicted molar refractivity (Wildman–Crippen MR) is 44.6 cm³/mol. The number of rotatable bonds is 1. The van der Waals surface area contributed by atoms with E-state index in [9.17, 15) is 0 Å². The van der Waals surface area contributed by atoms with Crippen molar-refractivity contribution in [3.05, 3.63) is 36.3 Å². The molecule has 0 aliphatic rings. The first-order valence-electron chi connectivity index (χ1n) is 3.51. The van der Waals surface area contributed by atoms with Crippen LogP contribution in [0.25, 0.3) is 5.65 Å². The molecule has 0 aromatic carbocycles. The molecule has 0 amide bonds. The molecule has 0 saturated heterocycles. The highest BCUT2D eigenvalue weighted by Gasteiger charge is 1.97. The van der Waals surface area contributed by atoms with Crippen molar-refractivity contribution in [2.45, 2.75) is 0 Å². The van der Waals surface area contributed by atoms with Gasteiger partial charge in [-0.25, -0.2) is 4.98 Å². The van der Waals surface area contributed by atoms with Crippen LogP contribution in [0, 0.1) is 0 Å². The molecule has 0 radical (unpaired) electrons. The third kappa shape index (κ3) is 0.934. The average molecular weight is 161 g/mol. The molecular formula is C8H7N3O. The zero-order valence-electron chi connectivity index (χ0n) is 6.25. The van der Waals surface area contributed by atoms with E-state index in [-0.39, 0.29) is 0 Å². The predicted octanol–water partition coefficient (Wildman–Crippen LogP) is 1.14. The Morgan fingerprint density at radius 2 is 2.42 bits per heavy atom. The molecule has 0 bridgehead atoms. The maximum absolute atomic E-state index is 8.33. The van der Waals surface area contributed by atoms with Gasteiger partial charge in [0.05, 0.1) is 18.1 Å². The number of hydrogen-bond donors (Lipinski definition) is 1. The summed E-state index contributed by atoms with van der Waals surface area (Å²) in [5.41, 5.74) is 1.60. The molecule has 2 heterocycles. The maximum Gasteiger partial charge on any atom is 0.137 e. The quantitative estimate of drug-likeness (QED) is 0.387. The van der Waals surface area contributed by atoms with Crippen LogP contribution in [-0.2, 0) is 0 Å². The Bertz CT molecular complexity index is 419. The molecule has 2 aromatic rings. The summed E-state index contributed by atoms with van der Waals surface area (Å²) in [5.74, 6) is 0. The number of pyridine rings is 1. The zero-order valence-corrected chi connectivity index (χ0v) is 6.25. The van der Waals surface area contributed by atoms with Crippen LogP contribution in [0.3, 0.4) is 0 Å². The van der Waals surface area contributed by atoms with Gasteiger partial charge in [0.25, 0.3) is 0 Å². The number of oxime groups is 1. The number of aromatic nitrogens is 2. The number of hydrogen-bond acceptors (Lipinski definition) is 3. The third-order valence-corrected chi connectivity index (χ3v) is 1.64. The van der Waals surface area contributed by atoms with Gasteiger partial charge in [0.15, 0.2) is 0 Å². The van der Waals surface area contributed by atoms with Crippen molar-refractivity contribution in [2.24, 2.45) is 5.16 Å². The molecule has 60 valence electrons. The molecule has 12 heavy (non-hydrogen) atoms. The minimum Gasteiger partial charge on any atom is -0.411 e. The van der Waals surface area contributed by atoms with Gasteiger partial charge in [0, 0.05) is 6.20 Å². The fourth-order valence-electron chi connectivity index (χ4n) is 1.11. The number of nitrogens with zero attached hydrogens (tertiary/aromatic N) is 3. The molecule has 2 rings (SSSR count). The van der Waals surface area contributed by atoms with E-state index in [1.54, 1.807) is 6.20 Å². The Morgan fingerprint density at radius 1 is 1.50 bits per heavy atom. The van der Waals surface area contributed by atoms with Crippen LogP contribution in [0.5, 0.6) is 0 Å². The normalized spacial score (nSPS) is 11.3. The second kappa shape index (κ2) is 2.65. The van der Waals surface area contributed by atoms with E-state index >= 15 is 0 Å². The van der Waals surface area contributed by atoms with Gasteiger partial charge in [-0.3, -0.25) is 4.40 Å². The summed E-state index contributed by atoms with van der Waals surface area (Å²) < 4.78 is 1.83. The fraction of sp³-hybridized carbons (Fsp3) is 0. The topological polar surface area (TPSA) is 49.9 Å². The number of imidazole rings is 1. The van der Waals surface area contributed by atoms with E-state index < -0.39 is 0 Å². The SMILES string of the molecule is ON=Cc1cnc2ccccn12. The molecule has 0 aliphatic carbocycles. The van der Waals surface area contributed by atoms with E-state index in [0.29, 0.717) is 0 Å². The fourth-order valence-corrected chi connectivity index (χ4v) is 1.11. The van der Waals surface area contributed by atoms with Gasteiger partial charge in [0.1, 0.15) is 5.65 Å². The minimum absolute atomic E-state index is 0.758. The smallest absolute Gasteiger partial charge is 0.137 e. The lowest BCUT2D eigenvalue weighted by molar-refractivity contribution is 0.321. The molecule has 0 fully saturated rings. The molecule has 1 N–H and O–H groups in total. The highest BCUT2D eigenvalue weighted by Crippen LogP contribution is 2.02. The van der Waals surface area contributed by atoms with Crippen molar-refractivity contribution in [1.29, 1.82) is 0 Å². The Hall–Kier alpha value is -1.84. The second-order valence-electron chi connectivity index (χ2n) is 2.36. The van der Waals surface area contributed by atoms with E-state index in [1.165, 1.54) is 6.21 Å². The van der Waals surface area contributed by atoms with Crippen LogP contribution in [-0.4, -0.2) is 20.8 Å². The summed E-state index contributed by atoms with van der Waals surface area (Å²) in [4.78, 5) is 4.10. The summed E-state index contributed by atoms with van der Waals surface area (Å²) in [5, 5.41) is 11.3. The molecule has 0 unspecified atom stereocenters. The van der Waals surface area contributed by atoms with Crippen molar-refractivity contribution < 1.29 is 5.21 Å². The number of fused-ring (bicyclic) bond motifs is 1. The molecule has 4 heteroatoms. The highest BCUT2D eigenvalue weighted by atomic mass is 16.4. The molecular weight excluding hydrogens is 154 g/mol. The largest absolute Gasteiger partial charge is 0.411 e. The molecule has 4 nitrogen and oxygen atoms in total. The van der Waals surface area contributed by atoms with Crippen LogP contribution >= 0.6 is 0 Å². The zero-order chi connectivity index (χ0) is 8.39. The lowest BCUT2D eigenvalue weighted by Gasteiger charge is -1.92. The Balaban J connectivity index is 2.70. The molecule has 0 saturated carbocycles. The summed E-state index contributed by atoms with van der Waals surface area (Å²) in [6, 6.07) is 5.68. The maximum atomic E-state index is 8.33. The van der Waals surface area contributed by atoms with Crippen LogP contribution in [0.4, 0.5) is 0 Å². The van der Waals surface area contributed by atoms with Gasteiger partial charge >= 0.3 is 0 Å². The summed E-state index contributed by atoms with van der Waals surface area (Å²) in [6.07, 6.45) is 4.86. The Morgan fingerprint density at radius 3 is 3.25 bits per heavy atom. The van der Waals surface area contributed by atoms with Crippen molar-refractivity contribution in [3.63, 3.8) is 0 Å². The first-order chi connectivity index (χ1) is 5.92. The monoisotopic (exact) mass is 161 g/mol.